The van der Waals surface area contributed by atoms with E-state index < -0.39 is 6.10 Å². The fourth-order valence-corrected chi connectivity index (χ4v) is 5.11. The van der Waals surface area contributed by atoms with Crippen LogP contribution < -0.4 is 9.47 Å². The Morgan fingerprint density at radius 2 is 1.84 bits per heavy atom. The van der Waals surface area contributed by atoms with Gasteiger partial charge in [0.2, 0.25) is 0 Å². The number of ether oxygens (including phenoxy) is 2. The lowest BCUT2D eigenvalue weighted by atomic mass is 9.78. The number of likely N-dealkylation sites (tertiary alicyclic amines) is 1. The highest BCUT2D eigenvalue weighted by atomic mass is 16.5. The second-order valence-electron chi connectivity index (χ2n) is 8.70. The lowest BCUT2D eigenvalue weighted by Gasteiger charge is -2.35. The van der Waals surface area contributed by atoms with Crippen LogP contribution in [-0.2, 0) is 6.54 Å². The molecule has 1 aliphatic heterocycles. The Kier molecular flexibility index (Phi) is 5.66. The van der Waals surface area contributed by atoms with Gasteiger partial charge in [-0.2, -0.15) is 0 Å². The van der Waals surface area contributed by atoms with E-state index in [1.807, 2.05) is 41.4 Å². The van der Waals surface area contributed by atoms with Crippen molar-refractivity contribution < 1.29 is 14.6 Å². The molecule has 0 spiro atoms. The molecule has 2 heterocycles. The van der Waals surface area contributed by atoms with E-state index in [9.17, 15) is 5.11 Å². The number of benzene rings is 2. The number of rotatable bonds is 6. The molecule has 1 saturated carbocycles. The van der Waals surface area contributed by atoms with Crippen molar-refractivity contribution >= 4 is 0 Å². The van der Waals surface area contributed by atoms with E-state index in [4.69, 9.17) is 9.47 Å². The van der Waals surface area contributed by atoms with Crippen LogP contribution in [0.4, 0.5) is 0 Å². The fourth-order valence-electron chi connectivity index (χ4n) is 5.11. The third-order valence-electron chi connectivity index (χ3n) is 6.63. The Bertz CT molecular complexity index is 1010. The van der Waals surface area contributed by atoms with Gasteiger partial charge in [-0.05, 0) is 54.5 Å². The third-order valence-corrected chi connectivity index (χ3v) is 6.63. The van der Waals surface area contributed by atoms with E-state index in [1.165, 1.54) is 5.56 Å². The molecule has 0 unspecified atom stereocenters. The van der Waals surface area contributed by atoms with E-state index in [0.29, 0.717) is 23.3 Å². The number of aliphatic hydroxyl groups is 1. The van der Waals surface area contributed by atoms with Crippen LogP contribution >= 0.6 is 0 Å². The summed E-state index contributed by atoms with van der Waals surface area (Å²) in [6.45, 7) is 2.99. The maximum atomic E-state index is 10.8. The Labute approximate surface area is 183 Å². The Hall–Kier alpha value is -2.83. The quantitative estimate of drug-likeness (QED) is 0.662. The summed E-state index contributed by atoms with van der Waals surface area (Å²) in [4.78, 5) is 6.66. The van der Waals surface area contributed by atoms with Gasteiger partial charge in [-0.3, -0.25) is 4.90 Å². The maximum absolute atomic E-state index is 10.8. The summed E-state index contributed by atoms with van der Waals surface area (Å²) in [6, 6.07) is 16.3. The van der Waals surface area contributed by atoms with E-state index in [-0.39, 0.29) is 6.10 Å². The zero-order chi connectivity index (χ0) is 21.2. The number of aliphatic hydroxyl groups excluding tert-OH is 1. The van der Waals surface area contributed by atoms with Gasteiger partial charge in [0.25, 0.3) is 0 Å². The number of fused-ring (bicyclic) bond motifs is 1. The molecule has 0 radical (unpaired) electrons. The van der Waals surface area contributed by atoms with Crippen molar-refractivity contribution in [2.75, 3.05) is 20.2 Å². The number of imidazole rings is 1. The van der Waals surface area contributed by atoms with Crippen molar-refractivity contribution in [2.24, 2.45) is 11.8 Å². The van der Waals surface area contributed by atoms with Crippen LogP contribution in [-0.4, -0.2) is 52.0 Å². The van der Waals surface area contributed by atoms with Crippen molar-refractivity contribution in [1.82, 2.24) is 14.5 Å². The van der Waals surface area contributed by atoms with Gasteiger partial charge in [-0.1, -0.05) is 24.3 Å². The second kappa shape index (κ2) is 8.73. The molecule has 6 heteroatoms. The van der Waals surface area contributed by atoms with E-state index in [0.717, 1.165) is 38.2 Å². The smallest absolute Gasteiger partial charge is 0.161 e. The molecule has 0 amide bonds. The average molecular weight is 420 g/mol. The Morgan fingerprint density at radius 3 is 2.61 bits per heavy atom. The molecule has 6 nitrogen and oxygen atoms in total. The topological polar surface area (TPSA) is 59.8 Å². The molecule has 1 saturated heterocycles. The second-order valence-corrected chi connectivity index (χ2v) is 8.70. The standard InChI is InChI=1S/C25H29N3O3/c1-30-23-7-2-3-8-24(23)31-25-13-20-16-27(15-19(20)12-22(25)29)14-18-5-4-6-21(11-18)28-10-9-26-17-28/h2-11,17,19-20,22,25,29H,12-16H2,1H3/t19-,20+,22+,25+/m0/s1. The van der Waals surface area contributed by atoms with Crippen molar-refractivity contribution in [3.8, 4) is 17.2 Å². The van der Waals surface area contributed by atoms with Gasteiger partial charge < -0.3 is 19.1 Å². The predicted octanol–water partition coefficient (Wildman–Crippen LogP) is 3.53. The molecule has 1 aromatic heterocycles. The SMILES string of the molecule is COc1ccccc1O[C@@H]1C[C@@H]2CN(Cc3cccc(-n4ccnc4)c3)C[C@@H]2C[C@H]1O. The summed E-state index contributed by atoms with van der Waals surface area (Å²) < 4.78 is 13.6. The molecule has 3 aromatic rings. The molecular weight excluding hydrogens is 390 g/mol. The highest BCUT2D eigenvalue weighted by Crippen LogP contribution is 2.39. The first-order valence-electron chi connectivity index (χ1n) is 11.0. The number of methoxy groups -OCH3 is 1. The van der Waals surface area contributed by atoms with Crippen molar-refractivity contribution in [2.45, 2.75) is 31.6 Å². The monoisotopic (exact) mass is 419 g/mol. The summed E-state index contributed by atoms with van der Waals surface area (Å²) in [7, 11) is 1.65. The molecule has 1 aliphatic carbocycles. The summed E-state index contributed by atoms with van der Waals surface area (Å²) >= 11 is 0. The predicted molar refractivity (Wildman–Crippen MR) is 118 cm³/mol. The number of nitrogens with zero attached hydrogens (tertiary/aromatic N) is 3. The molecule has 31 heavy (non-hydrogen) atoms. The molecule has 4 atom stereocenters. The van der Waals surface area contributed by atoms with Crippen LogP contribution in [0.3, 0.4) is 0 Å². The zero-order valence-corrected chi connectivity index (χ0v) is 17.8. The molecule has 162 valence electrons. The first kappa shape index (κ1) is 20.1. The number of hydrogen-bond acceptors (Lipinski definition) is 5. The average Bonchev–Trinajstić information content (AvgIpc) is 3.44. The zero-order valence-electron chi connectivity index (χ0n) is 17.8. The van der Waals surface area contributed by atoms with Crippen LogP contribution in [0.5, 0.6) is 11.5 Å². The Balaban J connectivity index is 1.23. The van der Waals surface area contributed by atoms with Gasteiger partial charge >= 0.3 is 0 Å². The van der Waals surface area contributed by atoms with Crippen LogP contribution in [0.1, 0.15) is 18.4 Å². The Morgan fingerprint density at radius 1 is 1.03 bits per heavy atom. The highest BCUT2D eigenvalue weighted by Gasteiger charge is 2.42. The summed E-state index contributed by atoms with van der Waals surface area (Å²) in [5, 5.41) is 10.8. The van der Waals surface area contributed by atoms with Crippen LogP contribution in [0.25, 0.3) is 5.69 Å². The molecule has 2 aliphatic rings. The molecule has 1 N–H and O–H groups in total. The fraction of sp³-hybridized carbons (Fsp3) is 0.400. The van der Waals surface area contributed by atoms with Crippen LogP contribution in [0.15, 0.2) is 67.3 Å². The van der Waals surface area contributed by atoms with Crippen molar-refractivity contribution in [3.05, 3.63) is 72.8 Å². The highest BCUT2D eigenvalue weighted by molar-refractivity contribution is 5.39. The normalized spacial score (nSPS) is 25.9. The van der Waals surface area contributed by atoms with Gasteiger partial charge in [0.15, 0.2) is 11.5 Å². The van der Waals surface area contributed by atoms with E-state index in [1.54, 1.807) is 13.3 Å². The van der Waals surface area contributed by atoms with E-state index >= 15 is 0 Å². The molecule has 2 fully saturated rings. The van der Waals surface area contributed by atoms with Gasteiger partial charge in [0, 0.05) is 37.7 Å². The van der Waals surface area contributed by atoms with Gasteiger partial charge in [0.1, 0.15) is 6.10 Å². The van der Waals surface area contributed by atoms with Crippen molar-refractivity contribution in [3.63, 3.8) is 0 Å². The first-order chi connectivity index (χ1) is 15.2. The lowest BCUT2D eigenvalue weighted by molar-refractivity contribution is -0.0240. The number of hydrogen-bond donors (Lipinski definition) is 1. The molecule has 0 bridgehead atoms. The van der Waals surface area contributed by atoms with E-state index in [2.05, 4.69) is 34.1 Å². The number of aromatic nitrogens is 2. The minimum absolute atomic E-state index is 0.193. The minimum Gasteiger partial charge on any atom is -0.493 e. The lowest BCUT2D eigenvalue weighted by Crippen LogP contribution is -2.42. The number of para-hydroxylation sites is 2. The third kappa shape index (κ3) is 4.31. The first-order valence-corrected chi connectivity index (χ1v) is 11.0. The largest absolute Gasteiger partial charge is 0.493 e. The maximum Gasteiger partial charge on any atom is 0.161 e. The molecule has 2 aromatic carbocycles. The summed E-state index contributed by atoms with van der Waals surface area (Å²) in [5.41, 5.74) is 2.43. The summed E-state index contributed by atoms with van der Waals surface area (Å²) in [6.07, 6.45) is 6.61. The molecule has 5 rings (SSSR count). The minimum atomic E-state index is -0.448. The van der Waals surface area contributed by atoms with Gasteiger partial charge in [-0.15, -0.1) is 0 Å². The van der Waals surface area contributed by atoms with Crippen LogP contribution in [0, 0.1) is 11.8 Å². The molecular formula is C25H29N3O3. The summed E-state index contributed by atoms with van der Waals surface area (Å²) in [5.74, 6) is 2.48. The van der Waals surface area contributed by atoms with Crippen LogP contribution in [0.2, 0.25) is 0 Å². The van der Waals surface area contributed by atoms with Gasteiger partial charge in [-0.25, -0.2) is 4.98 Å². The van der Waals surface area contributed by atoms with Gasteiger partial charge in [0.05, 0.1) is 19.5 Å². The van der Waals surface area contributed by atoms with Crippen molar-refractivity contribution in [1.29, 1.82) is 0 Å².